The lowest BCUT2D eigenvalue weighted by atomic mass is 10.1. The summed E-state index contributed by atoms with van der Waals surface area (Å²) >= 11 is 0. The van der Waals surface area contributed by atoms with E-state index >= 15 is 0 Å². The van der Waals surface area contributed by atoms with Gasteiger partial charge in [0, 0.05) is 37.4 Å². The lowest BCUT2D eigenvalue weighted by Crippen LogP contribution is -2.49. The van der Waals surface area contributed by atoms with Crippen LogP contribution in [-0.4, -0.2) is 59.8 Å². The highest BCUT2D eigenvalue weighted by molar-refractivity contribution is 7.91. The summed E-state index contributed by atoms with van der Waals surface area (Å²) in [4.78, 5) is 36.5. The minimum Gasteiger partial charge on any atom is -0.322 e. The van der Waals surface area contributed by atoms with Gasteiger partial charge >= 0.3 is 6.03 Å². The molecule has 3 heterocycles. The second-order valence-electron chi connectivity index (χ2n) is 7.80. The highest BCUT2D eigenvalue weighted by Gasteiger charge is 2.29. The molecule has 4 rings (SSSR count). The standard InChI is InChI=1S/C23H24N6O4S/c24-27-22(30)19-1-4-20(26-15-19)16-29(23(31)28-11-13-34(32,33)14-12-28)21-5-2-17(3-6-21)18-7-9-25-10-8-18/h1-10,15H,11-14,16,24H2,(H,27,30). The van der Waals surface area contributed by atoms with Gasteiger partial charge in [0.1, 0.15) is 0 Å². The van der Waals surface area contributed by atoms with Gasteiger partial charge < -0.3 is 4.90 Å². The quantitative estimate of drug-likeness (QED) is 0.321. The largest absolute Gasteiger partial charge is 0.324 e. The normalized spacial score (nSPS) is 14.9. The Hall–Kier alpha value is -3.83. The van der Waals surface area contributed by atoms with Crippen molar-refractivity contribution in [1.29, 1.82) is 0 Å². The molecule has 0 spiro atoms. The molecule has 0 aliphatic carbocycles. The highest BCUT2D eigenvalue weighted by Crippen LogP contribution is 2.25. The Balaban J connectivity index is 1.61. The molecule has 3 aromatic rings. The molecule has 1 aliphatic rings. The van der Waals surface area contributed by atoms with E-state index in [1.807, 2.05) is 36.4 Å². The van der Waals surface area contributed by atoms with Crippen molar-refractivity contribution >= 4 is 27.5 Å². The number of hydrogen-bond donors (Lipinski definition) is 2. The number of sulfone groups is 1. The van der Waals surface area contributed by atoms with Crippen LogP contribution in [0.2, 0.25) is 0 Å². The zero-order valence-electron chi connectivity index (χ0n) is 18.3. The number of aromatic nitrogens is 2. The number of pyridine rings is 2. The van der Waals surface area contributed by atoms with Gasteiger partial charge in [-0.2, -0.15) is 0 Å². The van der Waals surface area contributed by atoms with Crippen LogP contribution in [0.25, 0.3) is 11.1 Å². The average Bonchev–Trinajstić information content (AvgIpc) is 2.87. The second kappa shape index (κ2) is 9.98. The third-order valence-electron chi connectivity index (χ3n) is 5.58. The zero-order chi connectivity index (χ0) is 24.1. The molecule has 0 unspecified atom stereocenters. The molecule has 11 heteroatoms. The number of rotatable bonds is 5. The fourth-order valence-electron chi connectivity index (χ4n) is 3.62. The third-order valence-corrected chi connectivity index (χ3v) is 7.19. The van der Waals surface area contributed by atoms with Crippen molar-refractivity contribution in [2.45, 2.75) is 6.54 Å². The first-order chi connectivity index (χ1) is 16.4. The van der Waals surface area contributed by atoms with Crippen molar-refractivity contribution in [3.8, 4) is 11.1 Å². The van der Waals surface area contributed by atoms with E-state index in [0.29, 0.717) is 16.9 Å². The number of nitrogen functional groups attached to an aromatic ring is 1. The van der Waals surface area contributed by atoms with Gasteiger partial charge in [-0.3, -0.25) is 25.1 Å². The summed E-state index contributed by atoms with van der Waals surface area (Å²) in [5.74, 6) is 4.58. The zero-order valence-corrected chi connectivity index (χ0v) is 19.1. The summed E-state index contributed by atoms with van der Waals surface area (Å²) in [6, 6.07) is 14.2. The Morgan fingerprint density at radius 1 is 0.971 bits per heavy atom. The van der Waals surface area contributed by atoms with Crippen molar-refractivity contribution in [1.82, 2.24) is 20.3 Å². The number of carbonyl (C=O) groups is 2. The van der Waals surface area contributed by atoms with Crippen LogP contribution >= 0.6 is 0 Å². The topological polar surface area (TPSA) is 139 Å². The molecule has 0 saturated carbocycles. The van der Waals surface area contributed by atoms with Gasteiger partial charge in [-0.25, -0.2) is 19.1 Å². The van der Waals surface area contributed by atoms with E-state index in [0.717, 1.165) is 11.1 Å². The summed E-state index contributed by atoms with van der Waals surface area (Å²) in [7, 11) is -3.13. The van der Waals surface area contributed by atoms with Crippen LogP contribution in [-0.2, 0) is 16.4 Å². The molecule has 2 aromatic heterocycles. The number of nitrogens with one attached hydrogen (secondary N) is 1. The lowest BCUT2D eigenvalue weighted by molar-refractivity contribution is 0.0953. The van der Waals surface area contributed by atoms with Gasteiger partial charge in [0.25, 0.3) is 5.91 Å². The van der Waals surface area contributed by atoms with Gasteiger partial charge in [0.2, 0.25) is 0 Å². The van der Waals surface area contributed by atoms with E-state index in [9.17, 15) is 18.0 Å². The fraction of sp³-hybridized carbons (Fsp3) is 0.217. The molecule has 176 valence electrons. The summed E-state index contributed by atoms with van der Waals surface area (Å²) in [6.45, 7) is 0.410. The van der Waals surface area contributed by atoms with Crippen molar-refractivity contribution < 1.29 is 18.0 Å². The molecular formula is C23H24N6O4S. The van der Waals surface area contributed by atoms with E-state index < -0.39 is 15.7 Å². The molecule has 34 heavy (non-hydrogen) atoms. The molecular weight excluding hydrogens is 456 g/mol. The van der Waals surface area contributed by atoms with E-state index in [1.165, 1.54) is 11.1 Å². The second-order valence-corrected chi connectivity index (χ2v) is 10.1. The van der Waals surface area contributed by atoms with Crippen molar-refractivity contribution in [3.05, 3.63) is 78.4 Å². The first-order valence-corrected chi connectivity index (χ1v) is 12.4. The number of nitrogens with zero attached hydrogens (tertiary/aromatic N) is 4. The third kappa shape index (κ3) is 5.38. The number of benzene rings is 1. The van der Waals surface area contributed by atoms with Crippen LogP contribution in [0.15, 0.2) is 67.1 Å². The Kier molecular flexibility index (Phi) is 6.85. The molecule has 1 aliphatic heterocycles. The first-order valence-electron chi connectivity index (χ1n) is 10.6. The number of amides is 3. The SMILES string of the molecule is NNC(=O)c1ccc(CN(C(=O)N2CCS(=O)(=O)CC2)c2ccc(-c3ccncc3)cc2)nc1. The number of urea groups is 1. The summed E-state index contributed by atoms with van der Waals surface area (Å²) < 4.78 is 23.7. The van der Waals surface area contributed by atoms with Crippen molar-refractivity contribution in [2.24, 2.45) is 5.84 Å². The molecule has 1 fully saturated rings. The molecule has 3 amide bonds. The maximum Gasteiger partial charge on any atom is 0.324 e. The Morgan fingerprint density at radius 3 is 2.21 bits per heavy atom. The van der Waals surface area contributed by atoms with Gasteiger partial charge in [-0.05, 0) is 47.5 Å². The number of hydrogen-bond acceptors (Lipinski definition) is 7. The predicted octanol–water partition coefficient (Wildman–Crippen LogP) is 1.60. The minimum absolute atomic E-state index is 0.0608. The fourth-order valence-corrected chi connectivity index (χ4v) is 4.82. The van der Waals surface area contributed by atoms with Gasteiger partial charge in [-0.15, -0.1) is 0 Å². The average molecular weight is 481 g/mol. The monoisotopic (exact) mass is 480 g/mol. The Bertz CT molecular complexity index is 1250. The van der Waals surface area contributed by atoms with Gasteiger partial charge in [0.05, 0.1) is 29.3 Å². The summed E-state index contributed by atoms with van der Waals surface area (Å²) in [6.07, 6.45) is 4.81. The maximum absolute atomic E-state index is 13.4. The molecule has 0 radical (unpaired) electrons. The lowest BCUT2D eigenvalue weighted by Gasteiger charge is -2.33. The van der Waals surface area contributed by atoms with Crippen LogP contribution in [0.5, 0.6) is 0 Å². The van der Waals surface area contributed by atoms with Gasteiger partial charge in [-0.1, -0.05) is 12.1 Å². The van der Waals surface area contributed by atoms with Crippen molar-refractivity contribution in [2.75, 3.05) is 29.5 Å². The molecule has 0 bridgehead atoms. The number of nitrogens with two attached hydrogens (primary N) is 1. The Labute approximate surface area is 197 Å². The molecule has 3 N–H and O–H groups in total. The molecule has 1 saturated heterocycles. The van der Waals surface area contributed by atoms with E-state index in [1.54, 1.807) is 29.4 Å². The molecule has 1 aromatic carbocycles. The van der Waals surface area contributed by atoms with Gasteiger partial charge in [0.15, 0.2) is 9.84 Å². The van der Waals surface area contributed by atoms with Crippen LogP contribution in [0.3, 0.4) is 0 Å². The predicted molar refractivity (Wildman–Crippen MR) is 127 cm³/mol. The number of anilines is 1. The van der Waals surface area contributed by atoms with E-state index in [4.69, 9.17) is 5.84 Å². The van der Waals surface area contributed by atoms with Crippen molar-refractivity contribution in [3.63, 3.8) is 0 Å². The van der Waals surface area contributed by atoms with Crippen LogP contribution < -0.4 is 16.2 Å². The van der Waals surface area contributed by atoms with Crippen LogP contribution in [0.1, 0.15) is 16.1 Å². The van der Waals surface area contributed by atoms with Crippen LogP contribution in [0, 0.1) is 0 Å². The maximum atomic E-state index is 13.4. The minimum atomic E-state index is -3.13. The van der Waals surface area contributed by atoms with E-state index in [-0.39, 0.29) is 37.2 Å². The first kappa shape index (κ1) is 23.3. The van der Waals surface area contributed by atoms with E-state index in [2.05, 4.69) is 15.4 Å². The molecule has 0 atom stereocenters. The number of carbonyl (C=O) groups excluding carboxylic acids is 2. The Morgan fingerprint density at radius 2 is 1.62 bits per heavy atom. The number of hydrazine groups is 1. The smallest absolute Gasteiger partial charge is 0.322 e. The molecule has 10 nitrogen and oxygen atoms in total. The summed E-state index contributed by atoms with van der Waals surface area (Å²) in [5, 5.41) is 0. The van der Waals surface area contributed by atoms with Crippen LogP contribution in [0.4, 0.5) is 10.5 Å². The summed E-state index contributed by atoms with van der Waals surface area (Å²) in [5.41, 5.74) is 5.52. The highest BCUT2D eigenvalue weighted by atomic mass is 32.2.